The van der Waals surface area contributed by atoms with Crippen LogP contribution in [0.3, 0.4) is 0 Å². The zero-order chi connectivity index (χ0) is 28.6. The topological polar surface area (TPSA) is 227 Å². The van der Waals surface area contributed by atoms with Crippen LogP contribution in [0.4, 0.5) is 11.5 Å². The number of rotatable bonds is 17. The Hall–Kier alpha value is -4.09. The number of carbonyl (C=O) groups excluding carboxylic acids is 2. The molecular formula is C24H34N10O6. The van der Waals surface area contributed by atoms with Gasteiger partial charge in [0.1, 0.15) is 0 Å². The first kappa shape index (κ1) is 30.5. The number of fused-ring (bicyclic) bond motifs is 1. The molecule has 16 nitrogen and oxygen atoms in total. The van der Waals surface area contributed by atoms with Crippen LogP contribution in [0, 0.1) is 4.91 Å². The van der Waals surface area contributed by atoms with Gasteiger partial charge in [0.15, 0.2) is 17.8 Å². The quantitative estimate of drug-likeness (QED) is 0.0768. The molecule has 1 aliphatic heterocycles. The molecule has 0 bridgehead atoms. The average molecular weight is 559 g/mol. The lowest BCUT2D eigenvalue weighted by atomic mass is 10.2. The number of aliphatic imine (C=N–C) groups is 1. The summed E-state index contributed by atoms with van der Waals surface area (Å²) in [4.78, 5) is 47.9. The van der Waals surface area contributed by atoms with Gasteiger partial charge in [-0.05, 0) is 35.9 Å². The number of amidine groups is 1. The first-order valence-electron chi connectivity index (χ1n) is 12.7. The third-order valence-electron chi connectivity index (χ3n) is 5.45. The summed E-state index contributed by atoms with van der Waals surface area (Å²) in [5.41, 5.74) is 9.70. The second-order valence-corrected chi connectivity index (χ2v) is 8.46. The van der Waals surface area contributed by atoms with Gasteiger partial charge < -0.3 is 35.9 Å². The number of nitrogens with one attached hydrogen (secondary N) is 5. The molecule has 1 unspecified atom stereocenters. The van der Waals surface area contributed by atoms with Crippen molar-refractivity contribution in [1.29, 1.82) is 0 Å². The average Bonchev–Trinajstić information content (AvgIpc) is 2.97. The maximum Gasteiger partial charge on any atom is 0.251 e. The predicted molar refractivity (Wildman–Crippen MR) is 146 cm³/mol. The Balaban J connectivity index is 1.29. The first-order chi connectivity index (χ1) is 19.5. The minimum Gasteiger partial charge on any atom is -0.379 e. The van der Waals surface area contributed by atoms with Crippen LogP contribution in [0.1, 0.15) is 34.6 Å². The lowest BCUT2D eigenvalue weighted by Gasteiger charge is -2.18. The van der Waals surface area contributed by atoms with Crippen LogP contribution >= 0.6 is 0 Å². The molecule has 8 N–H and O–H groups in total. The number of anilines is 2. The number of nitrogens with zero attached hydrogens (tertiary/aromatic N) is 4. The molecule has 1 aliphatic rings. The second-order valence-electron chi connectivity index (χ2n) is 8.46. The number of benzene rings is 1. The molecule has 0 aliphatic carbocycles. The Labute approximate surface area is 230 Å². The number of hydroxylamine groups is 1. The van der Waals surface area contributed by atoms with E-state index in [9.17, 15) is 14.5 Å². The molecule has 1 atom stereocenters. The monoisotopic (exact) mass is 558 g/mol. The maximum absolute atomic E-state index is 12.4. The van der Waals surface area contributed by atoms with Crippen molar-refractivity contribution in [3.8, 4) is 0 Å². The van der Waals surface area contributed by atoms with Crippen molar-refractivity contribution in [3.63, 3.8) is 0 Å². The van der Waals surface area contributed by atoms with Gasteiger partial charge in [-0.2, -0.15) is 0 Å². The fourth-order valence-electron chi connectivity index (χ4n) is 3.48. The molecule has 0 spiro atoms. The van der Waals surface area contributed by atoms with Crippen LogP contribution in [0.15, 0.2) is 40.6 Å². The molecule has 0 saturated carbocycles. The molecule has 40 heavy (non-hydrogen) atoms. The lowest BCUT2D eigenvalue weighted by Crippen LogP contribution is -2.34. The Morgan fingerprint density at radius 2 is 1.80 bits per heavy atom. The largest absolute Gasteiger partial charge is 0.379 e. The van der Waals surface area contributed by atoms with Gasteiger partial charge in [0, 0.05) is 37.3 Å². The molecule has 0 radical (unpaired) electrons. The van der Waals surface area contributed by atoms with Gasteiger partial charge in [-0.25, -0.2) is 20.4 Å². The number of amides is 2. The standard InChI is InChI=1S/C24H34N10O6/c25-24-32-21-20(22(33-24)34-38)31-18(15-29-21)14-28-17-5-3-16(4-6-17)23(36)27-7-1-2-19(35)26-8-10-39-12-13-40-11-9-30-37/h3-6,15,24,28,30,37H,1-2,7-14,25H2,(H,26,35)(H,27,36)(H,29,32). The number of hydrogen-bond acceptors (Lipinski definition) is 14. The van der Waals surface area contributed by atoms with E-state index in [1.165, 1.54) is 0 Å². The van der Waals surface area contributed by atoms with Crippen molar-refractivity contribution >= 4 is 29.2 Å². The summed E-state index contributed by atoms with van der Waals surface area (Å²) in [7, 11) is 0. The van der Waals surface area contributed by atoms with Crippen molar-refractivity contribution in [2.45, 2.75) is 25.7 Å². The van der Waals surface area contributed by atoms with E-state index in [-0.39, 0.29) is 29.8 Å². The highest BCUT2D eigenvalue weighted by Gasteiger charge is 2.22. The summed E-state index contributed by atoms with van der Waals surface area (Å²) in [6, 6.07) is 6.89. The van der Waals surface area contributed by atoms with Gasteiger partial charge >= 0.3 is 0 Å². The minimum atomic E-state index is -0.802. The zero-order valence-corrected chi connectivity index (χ0v) is 21.9. The zero-order valence-electron chi connectivity index (χ0n) is 21.9. The summed E-state index contributed by atoms with van der Waals surface area (Å²) in [6.07, 6.45) is 1.53. The molecule has 3 rings (SSSR count). The Bertz CT molecular complexity index is 1150. The van der Waals surface area contributed by atoms with Crippen molar-refractivity contribution < 1.29 is 24.3 Å². The maximum atomic E-state index is 12.4. The number of nitroso groups, excluding NO2 is 1. The van der Waals surface area contributed by atoms with Gasteiger partial charge in [-0.15, -0.1) is 4.91 Å². The van der Waals surface area contributed by atoms with Crippen LogP contribution in [0.25, 0.3) is 0 Å². The fourth-order valence-corrected chi connectivity index (χ4v) is 3.48. The molecule has 0 fully saturated rings. The third kappa shape index (κ3) is 10.2. The van der Waals surface area contributed by atoms with Crippen molar-refractivity contribution in [3.05, 3.63) is 52.3 Å². The van der Waals surface area contributed by atoms with E-state index in [2.05, 4.69) is 41.4 Å². The van der Waals surface area contributed by atoms with Crippen LogP contribution < -0.4 is 32.5 Å². The van der Waals surface area contributed by atoms with Crippen LogP contribution in [0.5, 0.6) is 0 Å². The van der Waals surface area contributed by atoms with E-state index < -0.39 is 6.29 Å². The third-order valence-corrected chi connectivity index (χ3v) is 5.45. The van der Waals surface area contributed by atoms with Gasteiger partial charge in [-0.3, -0.25) is 15.3 Å². The molecular weight excluding hydrogens is 524 g/mol. The molecule has 0 saturated heterocycles. The van der Waals surface area contributed by atoms with E-state index in [0.717, 1.165) is 5.69 Å². The minimum absolute atomic E-state index is 0.108. The highest BCUT2D eigenvalue weighted by Crippen LogP contribution is 2.18. The smallest absolute Gasteiger partial charge is 0.251 e. The lowest BCUT2D eigenvalue weighted by molar-refractivity contribution is -0.121. The second kappa shape index (κ2) is 16.8. The molecule has 16 heteroatoms. The summed E-state index contributed by atoms with van der Waals surface area (Å²) < 4.78 is 10.5. The van der Waals surface area contributed by atoms with Gasteiger partial charge in [-0.1, -0.05) is 0 Å². The number of hydrogen-bond donors (Lipinski definition) is 7. The van der Waals surface area contributed by atoms with Crippen LogP contribution in [0.2, 0.25) is 0 Å². The first-order valence-corrected chi connectivity index (χ1v) is 12.7. The molecule has 216 valence electrons. The number of carbonyl (C=O) groups is 2. The van der Waals surface area contributed by atoms with E-state index in [0.29, 0.717) is 76.1 Å². The Morgan fingerprint density at radius 1 is 1.05 bits per heavy atom. The molecule has 2 heterocycles. The van der Waals surface area contributed by atoms with E-state index in [4.69, 9.17) is 20.4 Å². The Morgan fingerprint density at radius 3 is 2.52 bits per heavy atom. The summed E-state index contributed by atoms with van der Waals surface area (Å²) in [5.74, 6) is -0.123. The fraction of sp³-hybridized carbons (Fsp3) is 0.458. The molecule has 1 aromatic heterocycles. The molecule has 2 amide bonds. The van der Waals surface area contributed by atoms with E-state index >= 15 is 0 Å². The normalized spacial score (nSPS) is 13.9. The van der Waals surface area contributed by atoms with Crippen molar-refractivity contribution in [2.75, 3.05) is 56.7 Å². The van der Waals surface area contributed by atoms with Crippen molar-refractivity contribution in [2.24, 2.45) is 15.9 Å². The van der Waals surface area contributed by atoms with Crippen molar-refractivity contribution in [1.82, 2.24) is 26.1 Å². The van der Waals surface area contributed by atoms with Gasteiger partial charge in [0.2, 0.25) is 11.7 Å². The van der Waals surface area contributed by atoms with Crippen LogP contribution in [-0.2, 0) is 20.8 Å². The van der Waals surface area contributed by atoms with E-state index in [1.807, 2.05) is 5.48 Å². The SMILES string of the molecule is NC1N=C(N=O)c2nc(CNc3ccc(C(=O)NCCCC(=O)NCCOCCOCCNO)cc3)cnc2N1. The summed E-state index contributed by atoms with van der Waals surface area (Å²) in [5, 5.41) is 22.8. The summed E-state index contributed by atoms with van der Waals surface area (Å²) in [6.45, 7) is 2.98. The van der Waals surface area contributed by atoms with E-state index in [1.54, 1.807) is 30.5 Å². The predicted octanol–water partition coefficient (Wildman–Crippen LogP) is -0.0923. The number of aromatic nitrogens is 2. The summed E-state index contributed by atoms with van der Waals surface area (Å²) >= 11 is 0. The van der Waals surface area contributed by atoms with Gasteiger partial charge in [0.05, 0.1) is 44.9 Å². The number of nitrogens with two attached hydrogens (primary N) is 1. The Kier molecular flexibility index (Phi) is 12.8. The molecule has 1 aromatic carbocycles. The number of ether oxygens (including phenoxy) is 2. The van der Waals surface area contributed by atoms with Crippen LogP contribution in [-0.4, -0.2) is 85.2 Å². The highest BCUT2D eigenvalue weighted by molar-refractivity contribution is 6.02. The molecule has 2 aromatic rings. The van der Waals surface area contributed by atoms with Gasteiger partial charge in [0.25, 0.3) is 5.91 Å². The highest BCUT2D eigenvalue weighted by atomic mass is 16.5.